The summed E-state index contributed by atoms with van der Waals surface area (Å²) >= 11 is 28.0. The highest BCUT2D eigenvalue weighted by atomic mass is 35.5. The molecule has 2 aromatic heterocycles. The van der Waals surface area contributed by atoms with Gasteiger partial charge in [0, 0.05) is 120 Å². The third-order valence-corrected chi connectivity index (χ3v) is 29.7. The van der Waals surface area contributed by atoms with Crippen LogP contribution in [0.2, 0.25) is 25.1 Å². The number of hydrogen-bond acceptors (Lipinski definition) is 17. The predicted molar refractivity (Wildman–Crippen MR) is 446 cm³/mol. The number of anilines is 5. The van der Waals surface area contributed by atoms with Crippen molar-refractivity contribution in [3.05, 3.63) is 201 Å². The summed E-state index contributed by atoms with van der Waals surface area (Å²) in [6, 6.07) is 28.1. The van der Waals surface area contributed by atoms with Crippen LogP contribution in [-0.4, -0.2) is 190 Å². The molecule has 29 nitrogen and oxygen atoms in total. The van der Waals surface area contributed by atoms with Gasteiger partial charge in [0.15, 0.2) is 10.1 Å². The number of hydrogen-bond donors (Lipinski definition) is 5. The normalized spacial score (nSPS) is 19.1. The van der Waals surface area contributed by atoms with Crippen molar-refractivity contribution in [3.8, 4) is 0 Å². The number of aryl methyl sites for hydroxylation is 2. The van der Waals surface area contributed by atoms with Crippen LogP contribution >= 0.6 is 58.0 Å². The van der Waals surface area contributed by atoms with Gasteiger partial charge in [-0.2, -0.15) is 12.9 Å². The molecule has 7 heterocycles. The molecule has 120 heavy (non-hydrogen) atoms. The van der Waals surface area contributed by atoms with E-state index < -0.39 is 109 Å². The summed E-state index contributed by atoms with van der Waals surface area (Å²) in [6.45, 7) is 3.91. The fourth-order valence-electron chi connectivity index (χ4n) is 13.1. The van der Waals surface area contributed by atoms with Gasteiger partial charge in [0.2, 0.25) is 59.6 Å². The maximum absolute atomic E-state index is 13.5. The lowest BCUT2D eigenvalue weighted by Gasteiger charge is -2.31. The molecule has 44 heteroatoms. The number of carbonyl (C=O) groups is 5. The zero-order valence-electron chi connectivity index (χ0n) is 64.9. The standard InChI is InChI=1S/C18H18ClFN2O3S.C16H18ClFN4O3S.C15H16ClFN4O3S.C14H18ClFN2O3S.C13H16ClFN2O3S/c19-16-9-8-14(11-17(16)20)21-18(23)13-5-4-10-22(12-13)26(24,25)15-6-2-1-3-7-15;1-21-9-15(19-10-21)26(24,25)22-6-2-3-11(8-22)16(23)20-12-4-5-13(17)14(18)7-12;1-20-8-14(18-9-20)25(23,24)21-5-4-10(7-21)15(22)19-11-2-3-12(16)13(17)6-11;1-2-22(20,21)18-7-3-4-10(9-18)14(19)17-11-5-6-12(15)13(16)8-11;1-21(19,20)17-6-2-3-9(8-17)13(18)16-10-4-5-11(14)12(15)7-10/h1-3,6-9,11,13H,4-5,10,12H2,(H,21,23);4-5,7,9-11H,2-3,6,8H2,1H3,(H,20,23);2-3,6,8-10H,4-5,7H2,1H3,(H,19,22);5-6,8,10H,2-4,7,9H2,1H3,(H,17,19);4-5,7,9H,2-3,6,8H2,1H3,(H,16,18). The first-order valence-electron chi connectivity index (χ1n) is 37.3. The van der Waals surface area contributed by atoms with Crippen LogP contribution < -0.4 is 26.6 Å². The summed E-state index contributed by atoms with van der Waals surface area (Å²) < 4.78 is 199. The molecular weight excluding hydrogens is 1780 g/mol. The molecule has 5 saturated heterocycles. The van der Waals surface area contributed by atoms with Gasteiger partial charge in [-0.05, 0) is 168 Å². The smallest absolute Gasteiger partial charge is 0.262 e. The van der Waals surface area contributed by atoms with Crippen molar-refractivity contribution in [1.82, 2.24) is 40.6 Å². The van der Waals surface area contributed by atoms with Crippen LogP contribution in [0.5, 0.6) is 0 Å². The molecular formula is C76H86Cl5F5N14O15S5. The minimum absolute atomic E-state index is 0.0176. The topological polar surface area (TPSA) is 368 Å². The molecule has 5 aliphatic rings. The van der Waals surface area contributed by atoms with Gasteiger partial charge in [-0.1, -0.05) is 76.2 Å². The zero-order chi connectivity index (χ0) is 87.8. The lowest BCUT2D eigenvalue weighted by atomic mass is 9.98. The Balaban J connectivity index is 0.000000171. The minimum atomic E-state index is -3.75. The number of halogens is 10. The molecule has 0 radical (unpaired) electrons. The number of nitrogens with zero attached hydrogens (tertiary/aromatic N) is 9. The highest BCUT2D eigenvalue weighted by Gasteiger charge is 2.40. The van der Waals surface area contributed by atoms with E-state index in [2.05, 4.69) is 36.6 Å². The van der Waals surface area contributed by atoms with Crippen LogP contribution in [0.15, 0.2) is 161 Å². The number of aromatic nitrogens is 4. The molecule has 6 aromatic carbocycles. The Labute approximate surface area is 717 Å². The second-order valence-corrected chi connectivity index (χ2v) is 40.5. The number of rotatable bonds is 19. The first-order valence-corrected chi connectivity index (χ1v) is 46.9. The van der Waals surface area contributed by atoms with Crippen molar-refractivity contribution in [1.29, 1.82) is 0 Å². The van der Waals surface area contributed by atoms with Crippen LogP contribution in [-0.2, 0) is 88.2 Å². The third-order valence-electron chi connectivity index (χ3n) is 19.7. The van der Waals surface area contributed by atoms with Crippen molar-refractivity contribution >= 4 is 166 Å². The molecule has 0 spiro atoms. The lowest BCUT2D eigenvalue weighted by Crippen LogP contribution is -2.44. The Bertz CT molecular complexity index is 5640. The van der Waals surface area contributed by atoms with E-state index in [9.17, 15) is 88.0 Å². The average molecular weight is 1870 g/mol. The summed E-state index contributed by atoms with van der Waals surface area (Å²) in [6.07, 6.45) is 11.9. The molecule has 0 bridgehead atoms. The van der Waals surface area contributed by atoms with E-state index in [1.165, 1.54) is 119 Å². The molecule has 0 aliphatic carbocycles. The largest absolute Gasteiger partial charge is 0.339 e. The molecule has 5 N–H and O–H groups in total. The van der Waals surface area contributed by atoms with Crippen molar-refractivity contribution in [2.24, 2.45) is 43.7 Å². The van der Waals surface area contributed by atoms with Crippen LogP contribution in [0, 0.1) is 58.7 Å². The van der Waals surface area contributed by atoms with Gasteiger partial charge in [-0.15, -0.1) is 0 Å². The fraction of sp³-hybridized carbons (Fsp3) is 0.382. The molecule has 650 valence electrons. The number of piperidine rings is 4. The van der Waals surface area contributed by atoms with Gasteiger partial charge >= 0.3 is 0 Å². The fourth-order valence-corrected chi connectivity index (χ4v) is 20.3. The number of benzene rings is 6. The molecule has 5 aliphatic heterocycles. The highest BCUT2D eigenvalue weighted by molar-refractivity contribution is 7.90. The van der Waals surface area contributed by atoms with Gasteiger partial charge in [0.25, 0.3) is 20.0 Å². The highest BCUT2D eigenvalue weighted by Crippen LogP contribution is 2.32. The number of imidazole rings is 2. The van der Waals surface area contributed by atoms with Crippen molar-refractivity contribution in [2.75, 3.05) is 104 Å². The monoisotopic (exact) mass is 1860 g/mol. The van der Waals surface area contributed by atoms with Crippen LogP contribution in [0.4, 0.5) is 50.4 Å². The van der Waals surface area contributed by atoms with Crippen LogP contribution in [0.25, 0.3) is 0 Å². The Hall–Kier alpha value is -8.26. The SMILES string of the molecule is CCS(=O)(=O)N1CCCC(C(=O)Nc2ccc(Cl)c(F)c2)C1.CS(=O)(=O)N1CCCC(C(=O)Nc2ccc(Cl)c(F)c2)C1.Cn1cnc(S(=O)(=O)N2CCC(C(=O)Nc3ccc(Cl)c(F)c3)C2)c1.Cn1cnc(S(=O)(=O)N2CCCC(C(=O)Nc3ccc(Cl)c(F)c3)C2)c1.O=C(Nc1ccc(Cl)c(F)c1)C1CCCN(S(=O)(=O)c2ccccc2)C1. The van der Waals surface area contributed by atoms with Crippen LogP contribution in [0.3, 0.4) is 0 Å². The van der Waals surface area contributed by atoms with Crippen molar-refractivity contribution in [2.45, 2.75) is 79.7 Å². The van der Waals surface area contributed by atoms with Gasteiger partial charge in [-0.3, -0.25) is 24.0 Å². The second-order valence-electron chi connectivity index (χ2n) is 28.5. The summed E-state index contributed by atoms with van der Waals surface area (Å²) in [4.78, 5) is 69.6. The number of amides is 5. The quantitative estimate of drug-likeness (QED) is 0.0469. The molecule has 5 fully saturated rings. The summed E-state index contributed by atoms with van der Waals surface area (Å²) in [7, 11) is -14.3. The predicted octanol–water partition coefficient (Wildman–Crippen LogP) is 12.2. The van der Waals surface area contributed by atoms with Gasteiger partial charge in [0.1, 0.15) is 29.1 Å². The van der Waals surface area contributed by atoms with E-state index in [0.29, 0.717) is 101 Å². The van der Waals surface area contributed by atoms with Gasteiger partial charge in [0.05, 0.1) is 84.3 Å². The number of carbonyl (C=O) groups excluding carboxylic acids is 5. The van der Waals surface area contributed by atoms with E-state index in [4.69, 9.17) is 58.0 Å². The molecule has 13 rings (SSSR count). The maximum Gasteiger partial charge on any atom is 0.262 e. The molecule has 5 unspecified atom stereocenters. The number of sulfonamides is 5. The van der Waals surface area contributed by atoms with Crippen molar-refractivity contribution in [3.63, 3.8) is 0 Å². The molecule has 5 atom stereocenters. The number of nitrogens with one attached hydrogen (secondary N) is 5. The third kappa shape index (κ3) is 26.2. The van der Waals surface area contributed by atoms with Crippen LogP contribution in [0.1, 0.15) is 64.7 Å². The molecule has 8 aromatic rings. The zero-order valence-corrected chi connectivity index (χ0v) is 72.7. The van der Waals surface area contributed by atoms with Crippen molar-refractivity contribution < 1.29 is 88.0 Å². The van der Waals surface area contributed by atoms with E-state index in [1.54, 1.807) is 48.4 Å². The van der Waals surface area contributed by atoms with E-state index >= 15 is 0 Å². The molecule has 5 amide bonds. The Morgan fingerprint density at radius 2 is 0.642 bits per heavy atom. The molecule has 0 saturated carbocycles. The van der Waals surface area contributed by atoms with Gasteiger partial charge < -0.3 is 35.7 Å². The second kappa shape index (κ2) is 42.2. The Kier molecular flexibility index (Phi) is 33.6. The summed E-state index contributed by atoms with van der Waals surface area (Å²) in [5.74, 6) is -7.19. The first-order chi connectivity index (χ1) is 56.5. The lowest BCUT2D eigenvalue weighted by molar-refractivity contribution is -0.121. The maximum atomic E-state index is 13.5. The Morgan fingerprint density at radius 3 is 0.925 bits per heavy atom. The van der Waals surface area contributed by atoms with E-state index in [1.807, 2.05) is 0 Å². The first kappa shape index (κ1) is 95.6. The van der Waals surface area contributed by atoms with E-state index in [0.717, 1.165) is 36.6 Å². The Morgan fingerprint density at radius 1 is 0.375 bits per heavy atom. The summed E-state index contributed by atoms with van der Waals surface area (Å²) in [5.41, 5.74) is 1.46. The van der Waals surface area contributed by atoms with E-state index in [-0.39, 0.29) is 126 Å². The van der Waals surface area contributed by atoms with Gasteiger partial charge in [-0.25, -0.2) is 82.6 Å². The summed E-state index contributed by atoms with van der Waals surface area (Å²) in [5, 5.41) is 12.8. The minimum Gasteiger partial charge on any atom is -0.339 e. The average Bonchev–Trinajstić information content (AvgIpc) is 1.63.